The molecule has 4 aromatic carbocycles. The molecule has 0 nitrogen and oxygen atoms in total. The summed E-state index contributed by atoms with van der Waals surface area (Å²) in [5.74, 6) is 1.92. The standard InChI is InChI=1S/2C9H7.CH3.Al.2ClH.Hf/c2*1-2-5-9-7-3-6-8(9)4-1;;;;;/h2*1-7H;1H3;;2*1H;/q2*-1;;+2;;;+4/p-2. The summed E-state index contributed by atoms with van der Waals surface area (Å²) in [5, 5.41) is 5.32. The Morgan fingerprint density at radius 2 is 0.957 bits per heavy atom. The van der Waals surface area contributed by atoms with Crippen molar-refractivity contribution in [1.82, 2.24) is 0 Å². The average Bonchev–Trinajstić information content (AvgIpc) is 3.18. The van der Waals surface area contributed by atoms with Crippen molar-refractivity contribution in [3.8, 4) is 0 Å². The fraction of sp³-hybridized carbons (Fsp3) is 0.0526. The Hall–Kier alpha value is -0.357. The van der Waals surface area contributed by atoms with E-state index >= 15 is 0 Å². The molecule has 0 radical (unpaired) electrons. The van der Waals surface area contributed by atoms with Crippen LogP contribution in [0, 0.1) is 0 Å². The first-order chi connectivity index (χ1) is 9.93. The first-order valence-electron chi connectivity index (χ1n) is 6.72. The monoisotopic (exact) mass is 522 g/mol. The van der Waals surface area contributed by atoms with Crippen molar-refractivity contribution in [2.24, 2.45) is 0 Å². The van der Waals surface area contributed by atoms with E-state index in [1.165, 1.54) is 21.5 Å². The molecule has 4 rings (SSSR count). The Balaban J connectivity index is 0. The van der Waals surface area contributed by atoms with Crippen LogP contribution in [0.25, 0.3) is 21.5 Å². The van der Waals surface area contributed by atoms with Gasteiger partial charge in [-0.15, -0.1) is 59.3 Å². The van der Waals surface area contributed by atoms with Crippen molar-refractivity contribution >= 4 is 37.8 Å². The third-order valence-corrected chi connectivity index (χ3v) is 3.10. The summed E-state index contributed by atoms with van der Waals surface area (Å²) in [6.07, 6.45) is 0. The van der Waals surface area contributed by atoms with Gasteiger partial charge < -0.3 is 24.8 Å². The molecule has 0 amide bonds. The molecule has 0 N–H and O–H groups in total. The van der Waals surface area contributed by atoms with Crippen LogP contribution < -0.4 is 24.8 Å². The second-order valence-electron chi connectivity index (χ2n) is 4.31. The molecule has 0 aromatic heterocycles. The van der Waals surface area contributed by atoms with Gasteiger partial charge in [0.15, 0.2) is 0 Å². The molecule has 4 heteroatoms. The van der Waals surface area contributed by atoms with Gasteiger partial charge in [-0.1, -0.05) is 12.1 Å². The average molecular weight is 522 g/mol. The molecule has 23 heavy (non-hydrogen) atoms. The van der Waals surface area contributed by atoms with Gasteiger partial charge >= 0.3 is 47.9 Å². The van der Waals surface area contributed by atoms with E-state index in [-0.39, 0.29) is 50.7 Å². The quantitative estimate of drug-likeness (QED) is 0.213. The van der Waals surface area contributed by atoms with Gasteiger partial charge in [0.05, 0.1) is 0 Å². The molecule has 0 bridgehead atoms. The van der Waals surface area contributed by atoms with E-state index in [4.69, 9.17) is 0 Å². The SMILES string of the molecule is [CH3][Al+2].[Cl-].[Cl-].[Hf+4].c1ccc2[cH-]ccc2c1.c1ccc2[cH-]ccc2c1. The van der Waals surface area contributed by atoms with Crippen molar-refractivity contribution in [3.05, 3.63) is 84.9 Å². The summed E-state index contributed by atoms with van der Waals surface area (Å²) in [6.45, 7) is 0. The molecule has 0 saturated carbocycles. The summed E-state index contributed by atoms with van der Waals surface area (Å²) in [5.41, 5.74) is 0. The zero-order valence-electron chi connectivity index (χ0n) is 12.9. The Labute approximate surface area is 178 Å². The largest absolute Gasteiger partial charge is 4.00 e. The predicted molar refractivity (Wildman–Crippen MR) is 90.7 cm³/mol. The van der Waals surface area contributed by atoms with Crippen molar-refractivity contribution in [2.75, 3.05) is 0 Å². The van der Waals surface area contributed by atoms with Gasteiger partial charge in [0.25, 0.3) is 0 Å². The van der Waals surface area contributed by atoms with E-state index in [1.54, 1.807) is 0 Å². The van der Waals surface area contributed by atoms with Crippen LogP contribution in [0.5, 0.6) is 0 Å². The minimum Gasteiger partial charge on any atom is -1.00 e. The molecule has 0 spiro atoms. The predicted octanol–water partition coefficient (Wildman–Crippen LogP) is -0.674. The molecule has 0 aliphatic heterocycles. The molecule has 0 fully saturated rings. The molecular formula is C19H17AlCl2Hf+2. The van der Waals surface area contributed by atoms with Crippen LogP contribution in [0.15, 0.2) is 84.9 Å². The minimum absolute atomic E-state index is 0. The van der Waals surface area contributed by atoms with Gasteiger partial charge in [-0.25, -0.2) is 0 Å². The topological polar surface area (TPSA) is 0 Å². The third-order valence-electron chi connectivity index (χ3n) is 3.10. The van der Waals surface area contributed by atoms with Crippen molar-refractivity contribution in [2.45, 2.75) is 5.79 Å². The van der Waals surface area contributed by atoms with Crippen molar-refractivity contribution in [1.29, 1.82) is 0 Å². The van der Waals surface area contributed by atoms with Gasteiger partial charge in [0.2, 0.25) is 0 Å². The summed E-state index contributed by atoms with van der Waals surface area (Å²) in [4.78, 5) is 0. The molecule has 112 valence electrons. The number of hydrogen-bond donors (Lipinski definition) is 0. The van der Waals surface area contributed by atoms with E-state index in [9.17, 15) is 0 Å². The third kappa shape index (κ3) is 7.38. The van der Waals surface area contributed by atoms with Crippen LogP contribution in [-0.2, 0) is 25.8 Å². The maximum atomic E-state index is 2.42. The Kier molecular flexibility index (Phi) is 15.2. The Morgan fingerprint density at radius 1 is 0.609 bits per heavy atom. The molecule has 0 aliphatic rings. The van der Waals surface area contributed by atoms with Gasteiger partial charge in [0, 0.05) is 0 Å². The van der Waals surface area contributed by atoms with E-state index in [0.29, 0.717) is 0 Å². The number of benzene rings is 2. The van der Waals surface area contributed by atoms with Crippen LogP contribution in [0.4, 0.5) is 0 Å². The Morgan fingerprint density at radius 3 is 1.30 bits per heavy atom. The van der Waals surface area contributed by atoms with Crippen molar-refractivity contribution in [3.63, 3.8) is 0 Å². The smallest absolute Gasteiger partial charge is 1.00 e. The first-order valence-corrected chi connectivity index (χ1v) is 7.87. The minimum atomic E-state index is 0. The van der Waals surface area contributed by atoms with Crippen LogP contribution >= 0.6 is 0 Å². The van der Waals surface area contributed by atoms with Crippen LogP contribution in [0.1, 0.15) is 0 Å². The van der Waals surface area contributed by atoms with Gasteiger partial charge in [0.1, 0.15) is 0 Å². The van der Waals surface area contributed by atoms with Gasteiger partial charge in [-0.2, -0.15) is 35.0 Å². The number of halogens is 2. The van der Waals surface area contributed by atoms with Crippen LogP contribution in [0.3, 0.4) is 0 Å². The zero-order chi connectivity index (χ0) is 14.2. The zero-order valence-corrected chi connectivity index (χ0v) is 19.2. The Bertz CT molecular complexity index is 635. The summed E-state index contributed by atoms with van der Waals surface area (Å²) in [6, 6.07) is 29.3. The molecule has 0 aliphatic carbocycles. The van der Waals surface area contributed by atoms with E-state index in [1.807, 2.05) is 5.79 Å². The van der Waals surface area contributed by atoms with Crippen LogP contribution in [-0.4, -0.2) is 16.3 Å². The van der Waals surface area contributed by atoms with Gasteiger partial charge in [-0.3, -0.25) is 0 Å². The summed E-state index contributed by atoms with van der Waals surface area (Å²) < 4.78 is 0. The first kappa shape index (κ1) is 24.9. The summed E-state index contributed by atoms with van der Waals surface area (Å²) >= 11 is 2.42. The number of hydrogen-bond acceptors (Lipinski definition) is 0. The van der Waals surface area contributed by atoms with Crippen molar-refractivity contribution < 1.29 is 50.7 Å². The maximum Gasteiger partial charge on any atom is 4.00 e. The molecule has 4 aromatic rings. The van der Waals surface area contributed by atoms with E-state index in [2.05, 4.69) is 101 Å². The van der Waals surface area contributed by atoms with E-state index in [0.717, 1.165) is 0 Å². The maximum absolute atomic E-state index is 2.42. The molecule has 0 atom stereocenters. The van der Waals surface area contributed by atoms with Crippen LogP contribution in [0.2, 0.25) is 5.79 Å². The number of fused-ring (bicyclic) bond motifs is 2. The fourth-order valence-corrected chi connectivity index (χ4v) is 2.14. The molecular weight excluding hydrogens is 505 g/mol. The summed E-state index contributed by atoms with van der Waals surface area (Å²) in [7, 11) is 0. The van der Waals surface area contributed by atoms with E-state index < -0.39 is 0 Å². The van der Waals surface area contributed by atoms with Gasteiger partial charge in [-0.05, 0) is 0 Å². The number of rotatable bonds is 0. The fourth-order valence-electron chi connectivity index (χ4n) is 2.14. The normalized spacial score (nSPS) is 8.30. The molecule has 0 unspecified atom stereocenters. The second kappa shape index (κ2) is 14.0. The molecule has 0 heterocycles. The molecule has 0 saturated heterocycles. The second-order valence-corrected chi connectivity index (χ2v) is 4.31.